The summed E-state index contributed by atoms with van der Waals surface area (Å²) < 4.78 is 28.5. The standard InChI is InChI=1S/C14H23ClN2O4S/c15-22(19,20)13-8-14(18)17(10-13)11-3-5-16(6-4-11)9-12-2-1-7-21-12/h11-13H,1-10H2. The van der Waals surface area contributed by atoms with E-state index in [1.54, 1.807) is 4.90 Å². The Morgan fingerprint density at radius 1 is 1.23 bits per heavy atom. The maximum Gasteiger partial charge on any atom is 0.237 e. The van der Waals surface area contributed by atoms with Crippen LogP contribution in [-0.2, 0) is 18.6 Å². The molecule has 0 radical (unpaired) electrons. The van der Waals surface area contributed by atoms with Crippen molar-refractivity contribution in [2.75, 3.05) is 32.8 Å². The van der Waals surface area contributed by atoms with Gasteiger partial charge in [-0.3, -0.25) is 4.79 Å². The molecule has 0 N–H and O–H groups in total. The van der Waals surface area contributed by atoms with Gasteiger partial charge in [0.2, 0.25) is 15.0 Å². The summed E-state index contributed by atoms with van der Waals surface area (Å²) in [4.78, 5) is 16.2. The quantitative estimate of drug-likeness (QED) is 0.702. The highest BCUT2D eigenvalue weighted by molar-refractivity contribution is 8.14. The van der Waals surface area contributed by atoms with Gasteiger partial charge in [0.15, 0.2) is 0 Å². The fourth-order valence-electron chi connectivity index (χ4n) is 3.73. The van der Waals surface area contributed by atoms with Crippen molar-refractivity contribution in [3.63, 3.8) is 0 Å². The third kappa shape index (κ3) is 3.75. The van der Waals surface area contributed by atoms with Crippen molar-refractivity contribution in [1.29, 1.82) is 0 Å². The van der Waals surface area contributed by atoms with Crippen LogP contribution in [0.5, 0.6) is 0 Å². The molecule has 3 saturated heterocycles. The van der Waals surface area contributed by atoms with Crippen LogP contribution in [0.15, 0.2) is 0 Å². The van der Waals surface area contributed by atoms with Crippen LogP contribution >= 0.6 is 10.7 Å². The highest BCUT2D eigenvalue weighted by Crippen LogP contribution is 2.27. The number of rotatable bonds is 4. The molecule has 3 aliphatic rings. The second-order valence-corrected chi connectivity index (χ2v) is 9.42. The molecule has 0 aromatic heterocycles. The number of hydrogen-bond donors (Lipinski definition) is 0. The first-order valence-electron chi connectivity index (χ1n) is 8.00. The lowest BCUT2D eigenvalue weighted by Gasteiger charge is -2.37. The van der Waals surface area contributed by atoms with Crippen molar-refractivity contribution in [1.82, 2.24) is 9.80 Å². The Morgan fingerprint density at radius 2 is 1.95 bits per heavy atom. The lowest BCUT2D eigenvalue weighted by atomic mass is 10.0. The van der Waals surface area contributed by atoms with Gasteiger partial charge in [0.25, 0.3) is 0 Å². The molecule has 0 aromatic carbocycles. The summed E-state index contributed by atoms with van der Waals surface area (Å²) in [5, 5.41) is -0.744. The van der Waals surface area contributed by atoms with Crippen LogP contribution in [0.1, 0.15) is 32.1 Å². The van der Waals surface area contributed by atoms with E-state index in [0.29, 0.717) is 6.10 Å². The smallest absolute Gasteiger partial charge is 0.237 e. The Morgan fingerprint density at radius 3 is 2.50 bits per heavy atom. The van der Waals surface area contributed by atoms with E-state index in [9.17, 15) is 13.2 Å². The Kier molecular flexibility index (Phi) is 4.97. The average Bonchev–Trinajstić information content (AvgIpc) is 3.09. The maximum absolute atomic E-state index is 12.1. The average molecular weight is 351 g/mol. The van der Waals surface area contributed by atoms with Crippen molar-refractivity contribution in [2.24, 2.45) is 0 Å². The molecular formula is C14H23ClN2O4S. The highest BCUT2D eigenvalue weighted by Gasteiger charge is 2.41. The molecule has 2 atom stereocenters. The summed E-state index contributed by atoms with van der Waals surface area (Å²) in [5.41, 5.74) is 0. The summed E-state index contributed by atoms with van der Waals surface area (Å²) in [6.07, 6.45) is 4.47. The van der Waals surface area contributed by atoms with Crippen molar-refractivity contribution in [3.8, 4) is 0 Å². The Bertz CT molecular complexity index is 513. The summed E-state index contributed by atoms with van der Waals surface area (Å²) in [5.74, 6) is -0.0770. The number of carbonyl (C=O) groups is 1. The molecule has 3 fully saturated rings. The fraction of sp³-hybridized carbons (Fsp3) is 0.929. The fourth-order valence-corrected chi connectivity index (χ4v) is 4.77. The van der Waals surface area contributed by atoms with Gasteiger partial charge in [-0.05, 0) is 25.7 Å². The van der Waals surface area contributed by atoms with Crippen LogP contribution in [0.25, 0.3) is 0 Å². The first kappa shape index (κ1) is 16.5. The third-order valence-electron chi connectivity index (χ3n) is 5.00. The molecule has 2 unspecified atom stereocenters. The topological polar surface area (TPSA) is 66.9 Å². The molecule has 3 heterocycles. The van der Waals surface area contributed by atoms with Crippen molar-refractivity contribution < 1.29 is 17.9 Å². The van der Waals surface area contributed by atoms with Gasteiger partial charge in [0, 0.05) is 55.9 Å². The van der Waals surface area contributed by atoms with Gasteiger partial charge < -0.3 is 14.5 Å². The van der Waals surface area contributed by atoms with E-state index in [2.05, 4.69) is 4.90 Å². The maximum atomic E-state index is 12.1. The highest BCUT2D eigenvalue weighted by atomic mass is 35.7. The number of amides is 1. The number of halogens is 1. The molecule has 3 rings (SSSR count). The molecule has 0 saturated carbocycles. The van der Waals surface area contributed by atoms with Crippen LogP contribution in [0.2, 0.25) is 0 Å². The van der Waals surface area contributed by atoms with E-state index in [1.807, 2.05) is 0 Å². The summed E-state index contributed by atoms with van der Waals surface area (Å²) in [6.45, 7) is 3.97. The van der Waals surface area contributed by atoms with E-state index in [0.717, 1.165) is 51.9 Å². The molecule has 0 aromatic rings. The van der Waals surface area contributed by atoms with Crippen molar-refractivity contribution in [3.05, 3.63) is 0 Å². The number of carbonyl (C=O) groups excluding carboxylic acids is 1. The second kappa shape index (κ2) is 6.63. The Hall–Kier alpha value is -0.370. The van der Waals surface area contributed by atoms with Crippen LogP contribution in [0.3, 0.4) is 0 Å². The molecular weight excluding hydrogens is 328 g/mol. The SMILES string of the molecule is O=C1CC(S(=O)(=O)Cl)CN1C1CCN(CC2CCCO2)CC1. The largest absolute Gasteiger partial charge is 0.377 e. The molecule has 6 nitrogen and oxygen atoms in total. The Balaban J connectivity index is 1.50. The van der Waals surface area contributed by atoms with Crippen molar-refractivity contribution in [2.45, 2.75) is 49.5 Å². The van der Waals surface area contributed by atoms with Gasteiger partial charge in [-0.1, -0.05) is 0 Å². The molecule has 0 bridgehead atoms. The minimum Gasteiger partial charge on any atom is -0.377 e. The van der Waals surface area contributed by atoms with Crippen LogP contribution in [0.4, 0.5) is 0 Å². The molecule has 0 spiro atoms. The zero-order valence-corrected chi connectivity index (χ0v) is 14.2. The van der Waals surface area contributed by atoms with Gasteiger partial charge >= 0.3 is 0 Å². The van der Waals surface area contributed by atoms with E-state index in [-0.39, 0.29) is 24.9 Å². The molecule has 8 heteroatoms. The Labute approximate surface area is 136 Å². The second-order valence-electron chi connectivity index (χ2n) is 6.51. The van der Waals surface area contributed by atoms with Gasteiger partial charge in [-0.2, -0.15) is 0 Å². The third-order valence-corrected chi connectivity index (χ3v) is 6.87. The predicted octanol–water partition coefficient (Wildman–Crippen LogP) is 0.799. The molecule has 3 aliphatic heterocycles. The number of hydrogen-bond acceptors (Lipinski definition) is 5. The predicted molar refractivity (Wildman–Crippen MR) is 83.3 cm³/mol. The lowest BCUT2D eigenvalue weighted by Crippen LogP contribution is -2.47. The van der Waals surface area contributed by atoms with E-state index in [4.69, 9.17) is 15.4 Å². The molecule has 22 heavy (non-hydrogen) atoms. The minimum absolute atomic E-state index is 0.0297. The van der Waals surface area contributed by atoms with Crippen LogP contribution in [-0.4, -0.2) is 74.3 Å². The lowest BCUT2D eigenvalue weighted by molar-refractivity contribution is -0.130. The number of piperidine rings is 1. The molecule has 1 amide bonds. The van der Waals surface area contributed by atoms with Gasteiger partial charge in [0.1, 0.15) is 5.25 Å². The number of nitrogens with zero attached hydrogens (tertiary/aromatic N) is 2. The monoisotopic (exact) mass is 350 g/mol. The number of likely N-dealkylation sites (tertiary alicyclic amines) is 2. The zero-order valence-electron chi connectivity index (χ0n) is 12.6. The minimum atomic E-state index is -3.65. The van der Waals surface area contributed by atoms with Crippen LogP contribution in [0, 0.1) is 0 Å². The zero-order chi connectivity index (χ0) is 15.7. The van der Waals surface area contributed by atoms with Gasteiger partial charge in [-0.25, -0.2) is 8.42 Å². The molecule has 0 aliphatic carbocycles. The summed E-state index contributed by atoms with van der Waals surface area (Å²) in [6, 6.07) is 0.150. The van der Waals surface area contributed by atoms with E-state index in [1.165, 1.54) is 0 Å². The first-order valence-corrected chi connectivity index (χ1v) is 10.4. The van der Waals surface area contributed by atoms with Gasteiger partial charge in [0.05, 0.1) is 6.10 Å². The van der Waals surface area contributed by atoms with Crippen molar-refractivity contribution >= 4 is 25.6 Å². The van der Waals surface area contributed by atoms with Crippen LogP contribution < -0.4 is 0 Å². The van der Waals surface area contributed by atoms with E-state index >= 15 is 0 Å². The summed E-state index contributed by atoms with van der Waals surface area (Å²) in [7, 11) is 1.75. The van der Waals surface area contributed by atoms with Gasteiger partial charge in [-0.15, -0.1) is 0 Å². The van der Waals surface area contributed by atoms with E-state index < -0.39 is 14.3 Å². The normalized spacial score (nSPS) is 32.0. The number of ether oxygens (including phenoxy) is 1. The first-order chi connectivity index (χ1) is 10.4. The molecule has 126 valence electrons. The summed E-state index contributed by atoms with van der Waals surface area (Å²) >= 11 is 0.